The molecule has 1 heterocycles. The molecule has 0 aromatic heterocycles. The Kier molecular flexibility index (Phi) is 5.04. The van der Waals surface area contributed by atoms with Crippen molar-refractivity contribution in [2.75, 3.05) is 25.5 Å². The average Bonchev–Trinajstić information content (AvgIpc) is 2.39. The zero-order valence-electron chi connectivity index (χ0n) is 12.2. The highest BCUT2D eigenvalue weighted by Crippen LogP contribution is 2.37. The highest BCUT2D eigenvalue weighted by Gasteiger charge is 2.34. The summed E-state index contributed by atoms with van der Waals surface area (Å²) in [6.07, 6.45) is -2.29. The molecule has 2 nitrogen and oxygen atoms in total. The van der Waals surface area contributed by atoms with Gasteiger partial charge in [0.2, 0.25) is 0 Å². The third-order valence-corrected chi connectivity index (χ3v) is 4.27. The monoisotopic (exact) mass is 320 g/mol. The van der Waals surface area contributed by atoms with E-state index in [0.29, 0.717) is 5.92 Å². The Morgan fingerprint density at radius 2 is 2.10 bits per heavy atom. The molecule has 0 saturated carbocycles. The predicted octanol–water partition coefficient (Wildman–Crippen LogP) is 4.50. The van der Waals surface area contributed by atoms with Gasteiger partial charge in [-0.05, 0) is 57.5 Å². The van der Waals surface area contributed by atoms with Gasteiger partial charge < -0.3 is 10.2 Å². The van der Waals surface area contributed by atoms with Crippen LogP contribution in [0, 0.1) is 5.92 Å². The molecule has 1 aromatic rings. The van der Waals surface area contributed by atoms with E-state index in [4.69, 9.17) is 11.6 Å². The Hall–Kier alpha value is -0.940. The highest BCUT2D eigenvalue weighted by molar-refractivity contribution is 6.30. The van der Waals surface area contributed by atoms with Gasteiger partial charge in [-0.15, -0.1) is 0 Å². The largest absolute Gasteiger partial charge is 0.418 e. The molecule has 2 unspecified atom stereocenters. The molecule has 0 aliphatic carbocycles. The van der Waals surface area contributed by atoms with Crippen molar-refractivity contribution in [3.05, 3.63) is 28.8 Å². The number of alkyl halides is 3. The van der Waals surface area contributed by atoms with Crippen LogP contribution in [0.3, 0.4) is 0 Å². The van der Waals surface area contributed by atoms with Crippen LogP contribution in [0.25, 0.3) is 0 Å². The Morgan fingerprint density at radius 1 is 1.38 bits per heavy atom. The number of piperidine rings is 1. The van der Waals surface area contributed by atoms with Gasteiger partial charge in [0.15, 0.2) is 0 Å². The molecule has 1 aromatic carbocycles. The van der Waals surface area contributed by atoms with Gasteiger partial charge in [0.05, 0.1) is 5.56 Å². The number of nitrogens with zero attached hydrogens (tertiary/aromatic N) is 1. The number of hydrogen-bond acceptors (Lipinski definition) is 2. The summed E-state index contributed by atoms with van der Waals surface area (Å²) in [4.78, 5) is 2.22. The third-order valence-electron chi connectivity index (χ3n) is 4.04. The Balaban J connectivity index is 2.15. The standard InChI is InChI=1S/C15H20ClF3N2/c1-10(11-4-3-7-21(2)9-11)20-14-6-5-12(16)8-13(14)15(17,18)19/h5-6,8,10-11,20H,3-4,7,9H2,1-2H3. The Labute approximate surface area is 128 Å². The first-order chi connectivity index (χ1) is 9.77. The Bertz CT molecular complexity index is 490. The summed E-state index contributed by atoms with van der Waals surface area (Å²) < 4.78 is 39.2. The lowest BCUT2D eigenvalue weighted by molar-refractivity contribution is -0.137. The minimum atomic E-state index is -4.41. The summed E-state index contributed by atoms with van der Waals surface area (Å²) >= 11 is 5.69. The second-order valence-electron chi connectivity index (χ2n) is 5.79. The molecule has 0 amide bonds. The maximum Gasteiger partial charge on any atom is 0.418 e. The van der Waals surface area contributed by atoms with E-state index >= 15 is 0 Å². The third kappa shape index (κ3) is 4.27. The van der Waals surface area contributed by atoms with Crippen molar-refractivity contribution in [3.8, 4) is 0 Å². The van der Waals surface area contributed by atoms with Crippen molar-refractivity contribution in [1.29, 1.82) is 0 Å². The first kappa shape index (κ1) is 16.4. The molecule has 1 saturated heterocycles. The van der Waals surface area contributed by atoms with Crippen molar-refractivity contribution in [2.45, 2.75) is 32.0 Å². The fourth-order valence-corrected chi connectivity index (χ4v) is 3.03. The fraction of sp³-hybridized carbons (Fsp3) is 0.600. The van der Waals surface area contributed by atoms with Gasteiger partial charge in [-0.3, -0.25) is 0 Å². The number of hydrogen-bond donors (Lipinski definition) is 1. The van der Waals surface area contributed by atoms with Crippen LogP contribution in [0.2, 0.25) is 5.02 Å². The molecule has 6 heteroatoms. The number of halogens is 4. The van der Waals surface area contributed by atoms with Gasteiger partial charge in [-0.25, -0.2) is 0 Å². The minimum Gasteiger partial charge on any atom is -0.382 e. The molecule has 21 heavy (non-hydrogen) atoms. The topological polar surface area (TPSA) is 15.3 Å². The Morgan fingerprint density at radius 3 is 2.71 bits per heavy atom. The van der Waals surface area contributed by atoms with Crippen LogP contribution < -0.4 is 5.32 Å². The molecule has 2 rings (SSSR count). The maximum atomic E-state index is 13.1. The van der Waals surface area contributed by atoms with Crippen LogP contribution in [-0.2, 0) is 6.18 Å². The number of rotatable bonds is 3. The number of nitrogens with one attached hydrogen (secondary N) is 1. The van der Waals surface area contributed by atoms with Crippen molar-refractivity contribution >= 4 is 17.3 Å². The zero-order valence-corrected chi connectivity index (χ0v) is 12.9. The lowest BCUT2D eigenvalue weighted by Crippen LogP contribution is -2.40. The average molecular weight is 321 g/mol. The van der Waals surface area contributed by atoms with Crippen LogP contribution in [0.5, 0.6) is 0 Å². The van der Waals surface area contributed by atoms with Crippen molar-refractivity contribution in [3.63, 3.8) is 0 Å². The van der Waals surface area contributed by atoms with E-state index in [2.05, 4.69) is 10.2 Å². The van der Waals surface area contributed by atoms with Crippen molar-refractivity contribution in [1.82, 2.24) is 4.90 Å². The molecule has 0 bridgehead atoms. The van der Waals surface area contributed by atoms with Crippen molar-refractivity contribution < 1.29 is 13.2 Å². The van der Waals surface area contributed by atoms with E-state index in [9.17, 15) is 13.2 Å². The van der Waals surface area contributed by atoms with E-state index in [1.165, 1.54) is 12.1 Å². The summed E-state index contributed by atoms with van der Waals surface area (Å²) in [5.74, 6) is 0.348. The lowest BCUT2D eigenvalue weighted by atomic mass is 9.91. The van der Waals surface area contributed by atoms with Crippen LogP contribution in [0.15, 0.2) is 18.2 Å². The summed E-state index contributed by atoms with van der Waals surface area (Å²) in [5.41, 5.74) is -0.598. The molecular weight excluding hydrogens is 301 g/mol. The summed E-state index contributed by atoms with van der Waals surface area (Å²) in [6, 6.07) is 3.85. The molecule has 2 atom stereocenters. The van der Waals surface area contributed by atoms with Gasteiger partial charge in [0, 0.05) is 23.3 Å². The minimum absolute atomic E-state index is 0.0185. The van der Waals surface area contributed by atoms with Crippen LogP contribution in [-0.4, -0.2) is 31.1 Å². The SMILES string of the molecule is CC(Nc1ccc(Cl)cc1C(F)(F)F)C1CCCN(C)C1. The van der Waals surface area contributed by atoms with E-state index in [1.54, 1.807) is 0 Å². The van der Waals surface area contributed by atoms with E-state index in [-0.39, 0.29) is 16.8 Å². The van der Waals surface area contributed by atoms with E-state index in [0.717, 1.165) is 32.0 Å². The van der Waals surface area contributed by atoms with Crippen LogP contribution in [0.4, 0.5) is 18.9 Å². The van der Waals surface area contributed by atoms with E-state index < -0.39 is 11.7 Å². The second-order valence-corrected chi connectivity index (χ2v) is 6.22. The fourth-order valence-electron chi connectivity index (χ4n) is 2.85. The lowest BCUT2D eigenvalue weighted by Gasteiger charge is -2.34. The summed E-state index contributed by atoms with van der Waals surface area (Å²) in [5, 5.41) is 3.12. The van der Waals surface area contributed by atoms with Crippen LogP contribution >= 0.6 is 11.6 Å². The summed E-state index contributed by atoms with van der Waals surface area (Å²) in [6.45, 7) is 3.90. The number of likely N-dealkylation sites (tertiary alicyclic amines) is 1. The van der Waals surface area contributed by atoms with Crippen molar-refractivity contribution in [2.24, 2.45) is 5.92 Å². The van der Waals surface area contributed by atoms with E-state index in [1.807, 2.05) is 14.0 Å². The molecule has 0 spiro atoms. The van der Waals surface area contributed by atoms with Gasteiger partial charge in [0.25, 0.3) is 0 Å². The highest BCUT2D eigenvalue weighted by atomic mass is 35.5. The molecule has 1 aliphatic rings. The maximum absolute atomic E-state index is 13.1. The quantitative estimate of drug-likeness (QED) is 0.882. The normalized spacial score (nSPS) is 22.1. The molecule has 1 N–H and O–H groups in total. The van der Waals surface area contributed by atoms with Gasteiger partial charge in [-0.2, -0.15) is 13.2 Å². The predicted molar refractivity (Wildman–Crippen MR) is 79.8 cm³/mol. The smallest absolute Gasteiger partial charge is 0.382 e. The van der Waals surface area contributed by atoms with Crippen LogP contribution in [0.1, 0.15) is 25.3 Å². The number of benzene rings is 1. The number of anilines is 1. The molecule has 1 fully saturated rings. The molecular formula is C15H20ClF3N2. The second kappa shape index (κ2) is 6.44. The van der Waals surface area contributed by atoms with Gasteiger partial charge >= 0.3 is 6.18 Å². The first-order valence-corrected chi connectivity index (χ1v) is 7.47. The zero-order chi connectivity index (χ0) is 15.6. The molecule has 1 aliphatic heterocycles. The summed E-state index contributed by atoms with van der Waals surface area (Å²) in [7, 11) is 2.04. The first-order valence-electron chi connectivity index (χ1n) is 7.09. The van der Waals surface area contributed by atoms with Gasteiger partial charge in [0.1, 0.15) is 0 Å². The molecule has 0 radical (unpaired) electrons. The van der Waals surface area contributed by atoms with Gasteiger partial charge in [-0.1, -0.05) is 11.6 Å². The molecule has 118 valence electrons.